The third kappa shape index (κ3) is 3.00. The molecule has 1 unspecified atom stereocenters. The Balaban J connectivity index is 2.12. The van der Waals surface area contributed by atoms with Gasteiger partial charge in [0.25, 0.3) is 0 Å². The molecule has 3 nitrogen and oxygen atoms in total. The summed E-state index contributed by atoms with van der Waals surface area (Å²) in [5, 5.41) is 3.37. The van der Waals surface area contributed by atoms with Gasteiger partial charge in [-0.05, 0) is 26.0 Å². The van der Waals surface area contributed by atoms with Gasteiger partial charge in [-0.3, -0.25) is 4.90 Å². The molecule has 0 aromatic heterocycles. The van der Waals surface area contributed by atoms with Crippen LogP contribution in [-0.2, 0) is 6.54 Å². The van der Waals surface area contributed by atoms with E-state index in [1.54, 1.807) is 6.07 Å². The largest absolute Gasteiger partial charge is 0.494 e. The van der Waals surface area contributed by atoms with Gasteiger partial charge in [-0.15, -0.1) is 0 Å². The summed E-state index contributed by atoms with van der Waals surface area (Å²) in [7, 11) is 1.50. The second-order valence-electron chi connectivity index (χ2n) is 4.79. The van der Waals surface area contributed by atoms with Crippen LogP contribution in [0.3, 0.4) is 0 Å². The summed E-state index contributed by atoms with van der Waals surface area (Å²) < 4.78 is 19.1. The van der Waals surface area contributed by atoms with E-state index in [-0.39, 0.29) is 5.82 Å². The highest BCUT2D eigenvalue weighted by Crippen LogP contribution is 2.22. The zero-order valence-corrected chi connectivity index (χ0v) is 11.1. The minimum atomic E-state index is -0.232. The first kappa shape index (κ1) is 13.3. The molecule has 1 aromatic rings. The molecule has 1 N–H and O–H groups in total. The van der Waals surface area contributed by atoms with Gasteiger partial charge in [0.05, 0.1) is 7.11 Å². The smallest absolute Gasteiger partial charge is 0.169 e. The third-order valence-corrected chi connectivity index (χ3v) is 3.57. The van der Waals surface area contributed by atoms with Crippen LogP contribution in [0.1, 0.15) is 18.9 Å². The Hall–Kier alpha value is -1.13. The monoisotopic (exact) mass is 252 g/mol. The molecule has 4 heteroatoms. The average Bonchev–Trinajstić information content (AvgIpc) is 2.57. The summed E-state index contributed by atoms with van der Waals surface area (Å²) in [6.45, 7) is 5.81. The van der Waals surface area contributed by atoms with Gasteiger partial charge in [-0.1, -0.05) is 12.1 Å². The fourth-order valence-electron chi connectivity index (χ4n) is 2.35. The highest BCUT2D eigenvalue weighted by molar-refractivity contribution is 5.31. The fourth-order valence-corrected chi connectivity index (χ4v) is 2.35. The summed E-state index contributed by atoms with van der Waals surface area (Å²) >= 11 is 0. The molecule has 1 aliphatic heterocycles. The average molecular weight is 252 g/mol. The summed E-state index contributed by atoms with van der Waals surface area (Å²) in [6, 6.07) is 5.82. The van der Waals surface area contributed by atoms with E-state index in [0.29, 0.717) is 23.9 Å². The Morgan fingerprint density at radius 1 is 1.44 bits per heavy atom. The van der Waals surface area contributed by atoms with Gasteiger partial charge >= 0.3 is 0 Å². The zero-order valence-electron chi connectivity index (χ0n) is 11.1. The van der Waals surface area contributed by atoms with Crippen LogP contribution < -0.4 is 10.1 Å². The molecule has 1 heterocycles. The van der Waals surface area contributed by atoms with E-state index in [1.165, 1.54) is 7.11 Å². The molecule has 18 heavy (non-hydrogen) atoms. The maximum atomic E-state index is 14.1. The quantitative estimate of drug-likeness (QED) is 0.890. The lowest BCUT2D eigenvalue weighted by Gasteiger charge is -2.26. The topological polar surface area (TPSA) is 24.5 Å². The van der Waals surface area contributed by atoms with Crippen molar-refractivity contribution in [1.29, 1.82) is 0 Å². The molecule has 1 atom stereocenters. The number of hydrogen-bond donors (Lipinski definition) is 1. The Morgan fingerprint density at radius 2 is 2.28 bits per heavy atom. The molecule has 0 aliphatic carbocycles. The second kappa shape index (κ2) is 6.16. The van der Waals surface area contributed by atoms with Crippen molar-refractivity contribution in [3.05, 3.63) is 29.6 Å². The maximum absolute atomic E-state index is 14.1. The lowest BCUT2D eigenvalue weighted by atomic mass is 10.1. The Bertz CT molecular complexity index is 397. The van der Waals surface area contributed by atoms with Gasteiger partial charge in [0, 0.05) is 31.2 Å². The van der Waals surface area contributed by atoms with Crippen LogP contribution in [0.5, 0.6) is 5.75 Å². The van der Waals surface area contributed by atoms with E-state index in [9.17, 15) is 4.39 Å². The van der Waals surface area contributed by atoms with E-state index in [1.807, 2.05) is 12.1 Å². The van der Waals surface area contributed by atoms with Crippen molar-refractivity contribution in [3.63, 3.8) is 0 Å². The lowest BCUT2D eigenvalue weighted by molar-refractivity contribution is 0.208. The molecule has 0 amide bonds. The molecular formula is C14H21FN2O. The number of hydrogen-bond acceptors (Lipinski definition) is 3. The van der Waals surface area contributed by atoms with Crippen molar-refractivity contribution in [2.24, 2.45) is 0 Å². The van der Waals surface area contributed by atoms with E-state index < -0.39 is 0 Å². The van der Waals surface area contributed by atoms with Gasteiger partial charge in [-0.25, -0.2) is 4.39 Å². The van der Waals surface area contributed by atoms with Crippen LogP contribution in [0.4, 0.5) is 4.39 Å². The summed E-state index contributed by atoms with van der Waals surface area (Å²) in [4.78, 5) is 2.32. The summed E-state index contributed by atoms with van der Waals surface area (Å²) in [5.41, 5.74) is 0.711. The first-order valence-corrected chi connectivity index (χ1v) is 6.48. The molecule has 0 radical (unpaired) electrons. The SMILES string of the molecule is COc1cccc(CN2CCNCCC2C)c1F. The van der Waals surface area contributed by atoms with Crippen molar-refractivity contribution < 1.29 is 9.13 Å². The number of nitrogens with zero attached hydrogens (tertiary/aromatic N) is 1. The number of rotatable bonds is 3. The maximum Gasteiger partial charge on any atom is 0.169 e. The Kier molecular flexibility index (Phi) is 4.55. The van der Waals surface area contributed by atoms with E-state index in [4.69, 9.17) is 4.74 Å². The number of nitrogens with one attached hydrogen (secondary N) is 1. The first-order valence-electron chi connectivity index (χ1n) is 6.48. The number of ether oxygens (including phenoxy) is 1. The molecule has 1 aliphatic rings. The normalized spacial score (nSPS) is 21.6. The fraction of sp³-hybridized carbons (Fsp3) is 0.571. The highest BCUT2D eigenvalue weighted by atomic mass is 19.1. The van der Waals surface area contributed by atoms with Gasteiger partial charge in [-0.2, -0.15) is 0 Å². The van der Waals surface area contributed by atoms with Gasteiger partial charge in [0.15, 0.2) is 11.6 Å². The molecule has 2 rings (SSSR count). The Labute approximate surface area is 108 Å². The van der Waals surface area contributed by atoms with Crippen molar-refractivity contribution in [3.8, 4) is 5.75 Å². The number of methoxy groups -OCH3 is 1. The van der Waals surface area contributed by atoms with Crippen molar-refractivity contribution in [1.82, 2.24) is 10.2 Å². The van der Waals surface area contributed by atoms with E-state index in [0.717, 1.165) is 26.1 Å². The summed E-state index contributed by atoms with van der Waals surface area (Å²) in [6.07, 6.45) is 1.10. The molecule has 100 valence electrons. The highest BCUT2D eigenvalue weighted by Gasteiger charge is 2.19. The minimum Gasteiger partial charge on any atom is -0.494 e. The predicted octanol–water partition coefficient (Wildman–Crippen LogP) is 2.02. The molecule has 0 bridgehead atoms. The molecular weight excluding hydrogens is 231 g/mol. The molecule has 1 fully saturated rings. The predicted molar refractivity (Wildman–Crippen MR) is 70.3 cm³/mol. The van der Waals surface area contributed by atoms with Crippen LogP contribution in [0.25, 0.3) is 0 Å². The number of halogens is 1. The van der Waals surface area contributed by atoms with Crippen LogP contribution >= 0.6 is 0 Å². The van der Waals surface area contributed by atoms with Crippen LogP contribution in [-0.4, -0.2) is 37.7 Å². The first-order chi connectivity index (χ1) is 8.72. The second-order valence-corrected chi connectivity index (χ2v) is 4.79. The number of benzene rings is 1. The minimum absolute atomic E-state index is 0.232. The van der Waals surface area contributed by atoms with Crippen LogP contribution in [0, 0.1) is 5.82 Å². The standard InChI is InChI=1S/C14H21FN2O/c1-11-6-7-16-8-9-17(11)10-12-4-3-5-13(18-2)14(12)15/h3-5,11,16H,6-10H2,1-2H3. The van der Waals surface area contributed by atoms with Crippen LogP contribution in [0.15, 0.2) is 18.2 Å². The van der Waals surface area contributed by atoms with Gasteiger partial charge in [0.2, 0.25) is 0 Å². The van der Waals surface area contributed by atoms with Crippen molar-refractivity contribution in [2.45, 2.75) is 25.9 Å². The molecule has 0 spiro atoms. The zero-order chi connectivity index (χ0) is 13.0. The van der Waals surface area contributed by atoms with Gasteiger partial charge in [0.1, 0.15) is 0 Å². The third-order valence-electron chi connectivity index (χ3n) is 3.57. The molecule has 0 saturated carbocycles. The van der Waals surface area contributed by atoms with E-state index >= 15 is 0 Å². The van der Waals surface area contributed by atoms with Crippen LogP contribution in [0.2, 0.25) is 0 Å². The lowest BCUT2D eigenvalue weighted by Crippen LogP contribution is -2.34. The van der Waals surface area contributed by atoms with Crippen molar-refractivity contribution in [2.75, 3.05) is 26.7 Å². The Morgan fingerprint density at radius 3 is 3.06 bits per heavy atom. The van der Waals surface area contributed by atoms with E-state index in [2.05, 4.69) is 17.1 Å². The molecule has 1 aromatic carbocycles. The van der Waals surface area contributed by atoms with Crippen molar-refractivity contribution >= 4 is 0 Å². The van der Waals surface area contributed by atoms with Gasteiger partial charge < -0.3 is 10.1 Å². The summed E-state index contributed by atoms with van der Waals surface area (Å²) in [5.74, 6) is 0.0949. The molecule has 1 saturated heterocycles.